The van der Waals surface area contributed by atoms with Crippen LogP contribution >= 0.6 is 0 Å². The van der Waals surface area contributed by atoms with Crippen LogP contribution in [0.15, 0.2) is 12.3 Å². The Morgan fingerprint density at radius 1 is 1.53 bits per heavy atom. The van der Waals surface area contributed by atoms with Crippen LogP contribution in [0.5, 0.6) is 0 Å². The minimum absolute atomic E-state index is 0.0464. The van der Waals surface area contributed by atoms with E-state index in [1.165, 1.54) is 17.8 Å². The molecule has 0 saturated heterocycles. The number of nitrogens with two attached hydrogens (primary N) is 1. The third-order valence-electron chi connectivity index (χ3n) is 2.53. The van der Waals surface area contributed by atoms with Crippen molar-refractivity contribution in [2.45, 2.75) is 38.1 Å². The molecule has 2 atom stereocenters. The second-order valence-corrected chi connectivity index (χ2v) is 4.43. The summed E-state index contributed by atoms with van der Waals surface area (Å²) < 4.78 is 38.2. The highest BCUT2D eigenvalue weighted by Gasteiger charge is 2.34. The topological polar surface area (TPSA) is 64.1 Å². The van der Waals surface area contributed by atoms with Crippen molar-refractivity contribution >= 4 is 0 Å². The fraction of sp³-hybridized carbons (Fsp3) is 0.700. The number of halogens is 3. The number of nitrogens with zero attached hydrogens (tertiary/aromatic N) is 2. The maximum absolute atomic E-state index is 12.3. The number of alkyl halides is 3. The maximum Gasteiger partial charge on any atom is 0.435 e. The minimum atomic E-state index is -4.44. The zero-order valence-corrected chi connectivity index (χ0v) is 9.70. The predicted octanol–water partition coefficient (Wildman–Crippen LogP) is 1.56. The summed E-state index contributed by atoms with van der Waals surface area (Å²) in [6.07, 6.45) is -2.95. The molecule has 0 radical (unpaired) electrons. The lowest BCUT2D eigenvalue weighted by molar-refractivity contribution is -0.141. The van der Waals surface area contributed by atoms with Crippen molar-refractivity contribution in [3.8, 4) is 0 Å². The highest BCUT2D eigenvalue weighted by atomic mass is 19.4. The number of hydrogen-bond acceptors (Lipinski definition) is 3. The second kappa shape index (κ2) is 4.66. The van der Waals surface area contributed by atoms with Gasteiger partial charge in [-0.15, -0.1) is 0 Å². The summed E-state index contributed by atoms with van der Waals surface area (Å²) in [5, 5.41) is 13.2. The van der Waals surface area contributed by atoms with Crippen LogP contribution < -0.4 is 5.73 Å². The minimum Gasteiger partial charge on any atom is -0.389 e. The second-order valence-electron chi connectivity index (χ2n) is 4.43. The van der Waals surface area contributed by atoms with Crippen LogP contribution in [0.1, 0.15) is 32.0 Å². The van der Waals surface area contributed by atoms with Gasteiger partial charge in [-0.2, -0.15) is 18.3 Å². The molecule has 1 rings (SSSR count). The molecule has 1 aromatic heterocycles. The number of rotatable bonds is 4. The zero-order valence-electron chi connectivity index (χ0n) is 9.70. The SMILES string of the molecule is CC(CC(C)(O)CN)n1ccc(C(F)(F)F)n1. The molecule has 7 heteroatoms. The number of hydrogen-bond donors (Lipinski definition) is 2. The zero-order chi connectivity index (χ0) is 13.3. The largest absolute Gasteiger partial charge is 0.435 e. The number of aliphatic hydroxyl groups is 1. The monoisotopic (exact) mass is 251 g/mol. The summed E-state index contributed by atoms with van der Waals surface area (Å²) >= 11 is 0. The van der Waals surface area contributed by atoms with Crippen LogP contribution in [0.3, 0.4) is 0 Å². The van der Waals surface area contributed by atoms with Crippen LogP contribution in [-0.2, 0) is 6.18 Å². The molecule has 98 valence electrons. The summed E-state index contributed by atoms with van der Waals surface area (Å²) in [5.41, 5.74) is 3.31. The lowest BCUT2D eigenvalue weighted by atomic mass is 9.98. The molecule has 17 heavy (non-hydrogen) atoms. The van der Waals surface area contributed by atoms with Crippen molar-refractivity contribution in [2.24, 2.45) is 5.73 Å². The number of aromatic nitrogens is 2. The fourth-order valence-corrected chi connectivity index (χ4v) is 1.55. The van der Waals surface area contributed by atoms with Gasteiger partial charge in [0.05, 0.1) is 11.6 Å². The van der Waals surface area contributed by atoms with Gasteiger partial charge < -0.3 is 10.8 Å². The van der Waals surface area contributed by atoms with Crippen LogP contribution in [-0.4, -0.2) is 27.0 Å². The highest BCUT2D eigenvalue weighted by molar-refractivity contribution is 5.04. The fourth-order valence-electron chi connectivity index (χ4n) is 1.55. The van der Waals surface area contributed by atoms with E-state index in [0.29, 0.717) is 0 Å². The molecular formula is C10H16F3N3O. The van der Waals surface area contributed by atoms with Crippen molar-refractivity contribution in [2.75, 3.05) is 6.54 Å². The van der Waals surface area contributed by atoms with Crippen LogP contribution in [0.4, 0.5) is 13.2 Å². The summed E-state index contributed by atoms with van der Waals surface area (Å²) in [4.78, 5) is 0. The molecule has 1 heterocycles. The van der Waals surface area contributed by atoms with E-state index in [4.69, 9.17) is 5.73 Å². The van der Waals surface area contributed by atoms with E-state index in [0.717, 1.165) is 6.07 Å². The average Bonchev–Trinajstić information content (AvgIpc) is 2.65. The van der Waals surface area contributed by atoms with Crippen LogP contribution in [0.2, 0.25) is 0 Å². The molecule has 1 aromatic rings. The van der Waals surface area contributed by atoms with Gasteiger partial charge in [0, 0.05) is 12.7 Å². The van der Waals surface area contributed by atoms with Gasteiger partial charge in [0.25, 0.3) is 0 Å². The molecule has 2 unspecified atom stereocenters. The highest BCUT2D eigenvalue weighted by Crippen LogP contribution is 2.28. The summed E-state index contributed by atoms with van der Waals surface area (Å²) in [6, 6.07) is 0.554. The van der Waals surface area contributed by atoms with E-state index in [9.17, 15) is 18.3 Å². The Morgan fingerprint density at radius 2 is 2.12 bits per heavy atom. The van der Waals surface area contributed by atoms with Gasteiger partial charge in [0.2, 0.25) is 0 Å². The van der Waals surface area contributed by atoms with Gasteiger partial charge in [-0.05, 0) is 26.3 Å². The Kier molecular flexibility index (Phi) is 3.83. The first kappa shape index (κ1) is 14.0. The standard InChI is InChI=1S/C10H16F3N3O/c1-7(5-9(2,17)6-14)16-4-3-8(15-16)10(11,12)13/h3-4,7,17H,5-6,14H2,1-2H3. The first-order valence-corrected chi connectivity index (χ1v) is 5.20. The first-order chi connectivity index (χ1) is 7.65. The van der Waals surface area contributed by atoms with Crippen LogP contribution in [0.25, 0.3) is 0 Å². The quantitative estimate of drug-likeness (QED) is 0.853. The third kappa shape index (κ3) is 3.71. The van der Waals surface area contributed by atoms with Gasteiger partial charge in [-0.1, -0.05) is 0 Å². The summed E-state index contributed by atoms with van der Waals surface area (Å²) in [5.74, 6) is 0. The molecule has 0 fully saturated rings. The summed E-state index contributed by atoms with van der Waals surface area (Å²) in [6.45, 7) is 3.26. The lowest BCUT2D eigenvalue weighted by Gasteiger charge is -2.25. The van der Waals surface area contributed by atoms with Gasteiger partial charge in [-0.3, -0.25) is 4.68 Å². The van der Waals surface area contributed by atoms with Crippen molar-refractivity contribution < 1.29 is 18.3 Å². The van der Waals surface area contributed by atoms with E-state index in [1.807, 2.05) is 0 Å². The smallest absolute Gasteiger partial charge is 0.389 e. The molecule has 4 nitrogen and oxygen atoms in total. The maximum atomic E-state index is 12.3. The first-order valence-electron chi connectivity index (χ1n) is 5.20. The molecule has 0 saturated carbocycles. The van der Waals surface area contributed by atoms with Crippen molar-refractivity contribution in [1.29, 1.82) is 0 Å². The molecular weight excluding hydrogens is 235 g/mol. The molecule has 0 aliphatic carbocycles. The van der Waals surface area contributed by atoms with Gasteiger partial charge in [-0.25, -0.2) is 0 Å². The molecule has 3 N–H and O–H groups in total. The molecule has 0 aliphatic heterocycles. The van der Waals surface area contributed by atoms with E-state index < -0.39 is 17.5 Å². The van der Waals surface area contributed by atoms with Crippen molar-refractivity contribution in [1.82, 2.24) is 9.78 Å². The Morgan fingerprint density at radius 3 is 2.53 bits per heavy atom. The predicted molar refractivity (Wildman–Crippen MR) is 56.2 cm³/mol. The van der Waals surface area contributed by atoms with E-state index in [1.54, 1.807) is 6.92 Å². The molecule has 0 bridgehead atoms. The molecule has 0 amide bonds. The molecule has 0 aromatic carbocycles. The normalized spacial score (nSPS) is 17.8. The van der Waals surface area contributed by atoms with Gasteiger partial charge in [0.15, 0.2) is 5.69 Å². The third-order valence-corrected chi connectivity index (χ3v) is 2.53. The Balaban J connectivity index is 2.77. The Labute approximate surface area is 97.2 Å². The average molecular weight is 251 g/mol. The molecule has 0 spiro atoms. The van der Waals surface area contributed by atoms with Gasteiger partial charge >= 0.3 is 6.18 Å². The lowest BCUT2D eigenvalue weighted by Crippen LogP contribution is -2.36. The van der Waals surface area contributed by atoms with Gasteiger partial charge in [0.1, 0.15) is 0 Å². The molecule has 0 aliphatic rings. The van der Waals surface area contributed by atoms with E-state index in [-0.39, 0.29) is 19.0 Å². The Bertz CT molecular complexity index is 373. The van der Waals surface area contributed by atoms with Crippen molar-refractivity contribution in [3.05, 3.63) is 18.0 Å². The van der Waals surface area contributed by atoms with Crippen LogP contribution in [0, 0.1) is 0 Å². The van der Waals surface area contributed by atoms with E-state index >= 15 is 0 Å². The summed E-state index contributed by atoms with van der Waals surface area (Å²) in [7, 11) is 0. The Hall–Kier alpha value is -1.08. The van der Waals surface area contributed by atoms with E-state index in [2.05, 4.69) is 5.10 Å². The van der Waals surface area contributed by atoms with Crippen molar-refractivity contribution in [3.63, 3.8) is 0 Å².